The molecule has 0 aliphatic carbocycles. The Balaban J connectivity index is 1.70. The second kappa shape index (κ2) is 10.3. The summed E-state index contributed by atoms with van der Waals surface area (Å²) in [4.78, 5) is 25.8. The predicted octanol–water partition coefficient (Wildman–Crippen LogP) is 2.55. The Bertz CT molecular complexity index is 755. The minimum absolute atomic E-state index is 0.289. The van der Waals surface area contributed by atoms with Crippen molar-refractivity contribution in [3.05, 3.63) is 66.0 Å². The first-order chi connectivity index (χ1) is 13.0. The van der Waals surface area contributed by atoms with Crippen LogP contribution in [0.2, 0.25) is 0 Å². The van der Waals surface area contributed by atoms with Gasteiger partial charge in [0.25, 0.3) is 0 Å². The molecule has 144 valence electrons. The molecule has 2 N–H and O–H groups in total. The van der Waals surface area contributed by atoms with Crippen molar-refractivity contribution in [3.63, 3.8) is 0 Å². The first-order valence-electron chi connectivity index (χ1n) is 8.67. The SMILES string of the molecule is CC(C(=O)NC(=O)NCc1ccccc1)N(C)CCOc1cccc(F)c1. The van der Waals surface area contributed by atoms with E-state index in [1.165, 1.54) is 12.1 Å². The first kappa shape index (κ1) is 20.4. The van der Waals surface area contributed by atoms with Gasteiger partial charge in [0.2, 0.25) is 5.91 Å². The zero-order valence-electron chi connectivity index (χ0n) is 15.4. The highest BCUT2D eigenvalue weighted by molar-refractivity contribution is 5.96. The lowest BCUT2D eigenvalue weighted by Gasteiger charge is -2.23. The van der Waals surface area contributed by atoms with Crippen LogP contribution in [0, 0.1) is 5.82 Å². The first-order valence-corrected chi connectivity index (χ1v) is 8.67. The quantitative estimate of drug-likeness (QED) is 0.746. The van der Waals surface area contributed by atoms with E-state index in [1.54, 1.807) is 31.0 Å². The van der Waals surface area contributed by atoms with Gasteiger partial charge in [-0.3, -0.25) is 15.0 Å². The number of hydrogen-bond acceptors (Lipinski definition) is 4. The number of imide groups is 1. The molecule has 0 spiro atoms. The Hall–Kier alpha value is -2.93. The Labute approximate surface area is 158 Å². The second-order valence-corrected chi connectivity index (χ2v) is 6.12. The van der Waals surface area contributed by atoms with Gasteiger partial charge in [-0.25, -0.2) is 9.18 Å². The number of rotatable bonds is 8. The predicted molar refractivity (Wildman–Crippen MR) is 101 cm³/mol. The normalized spacial score (nSPS) is 11.7. The summed E-state index contributed by atoms with van der Waals surface area (Å²) in [6.07, 6.45) is 0. The van der Waals surface area contributed by atoms with Crippen molar-refractivity contribution in [2.75, 3.05) is 20.2 Å². The molecular formula is C20H24FN3O3. The van der Waals surface area contributed by atoms with Crippen molar-refractivity contribution in [1.82, 2.24) is 15.5 Å². The van der Waals surface area contributed by atoms with E-state index in [-0.39, 0.29) is 12.4 Å². The fourth-order valence-corrected chi connectivity index (χ4v) is 2.30. The van der Waals surface area contributed by atoms with E-state index in [1.807, 2.05) is 30.3 Å². The van der Waals surface area contributed by atoms with Crippen LogP contribution in [0.4, 0.5) is 9.18 Å². The fraction of sp³-hybridized carbons (Fsp3) is 0.300. The number of carbonyl (C=O) groups excluding carboxylic acids is 2. The number of likely N-dealkylation sites (N-methyl/N-ethyl adjacent to an activating group) is 1. The Morgan fingerprint density at radius 2 is 1.89 bits per heavy atom. The van der Waals surface area contributed by atoms with E-state index in [0.29, 0.717) is 18.8 Å². The molecule has 0 radical (unpaired) electrons. The van der Waals surface area contributed by atoms with Crippen LogP contribution >= 0.6 is 0 Å². The zero-order chi connectivity index (χ0) is 19.6. The Morgan fingerprint density at radius 1 is 1.15 bits per heavy atom. The van der Waals surface area contributed by atoms with E-state index in [0.717, 1.165) is 5.56 Å². The van der Waals surface area contributed by atoms with E-state index in [4.69, 9.17) is 4.74 Å². The molecule has 2 aromatic rings. The summed E-state index contributed by atoms with van der Waals surface area (Å²) in [6, 6.07) is 14.2. The highest BCUT2D eigenvalue weighted by Crippen LogP contribution is 2.11. The van der Waals surface area contributed by atoms with Gasteiger partial charge in [0.1, 0.15) is 18.2 Å². The van der Waals surface area contributed by atoms with Gasteiger partial charge < -0.3 is 10.1 Å². The molecular weight excluding hydrogens is 349 g/mol. The molecule has 2 aromatic carbocycles. The molecule has 0 fully saturated rings. The van der Waals surface area contributed by atoms with Crippen LogP contribution in [-0.4, -0.2) is 43.1 Å². The molecule has 2 rings (SSSR count). The molecule has 0 saturated heterocycles. The van der Waals surface area contributed by atoms with Gasteiger partial charge >= 0.3 is 6.03 Å². The van der Waals surface area contributed by atoms with Gasteiger partial charge in [0.15, 0.2) is 0 Å². The molecule has 0 aliphatic rings. The molecule has 0 bridgehead atoms. The minimum atomic E-state index is -0.542. The average molecular weight is 373 g/mol. The van der Waals surface area contributed by atoms with Crippen LogP contribution in [0.1, 0.15) is 12.5 Å². The third kappa shape index (κ3) is 7.07. The van der Waals surface area contributed by atoms with Crippen molar-refractivity contribution in [2.24, 2.45) is 0 Å². The van der Waals surface area contributed by atoms with E-state index in [9.17, 15) is 14.0 Å². The lowest BCUT2D eigenvalue weighted by molar-refractivity contribution is -0.124. The molecule has 3 amide bonds. The van der Waals surface area contributed by atoms with Gasteiger partial charge in [0, 0.05) is 19.2 Å². The second-order valence-electron chi connectivity index (χ2n) is 6.12. The fourth-order valence-electron chi connectivity index (χ4n) is 2.30. The summed E-state index contributed by atoms with van der Waals surface area (Å²) in [5, 5.41) is 4.97. The number of ether oxygens (including phenoxy) is 1. The highest BCUT2D eigenvalue weighted by Gasteiger charge is 2.19. The van der Waals surface area contributed by atoms with Crippen LogP contribution in [0.15, 0.2) is 54.6 Å². The van der Waals surface area contributed by atoms with E-state index in [2.05, 4.69) is 10.6 Å². The number of carbonyl (C=O) groups is 2. The molecule has 0 aromatic heterocycles. The largest absolute Gasteiger partial charge is 0.492 e. The van der Waals surface area contributed by atoms with E-state index >= 15 is 0 Å². The monoisotopic (exact) mass is 373 g/mol. The summed E-state index contributed by atoms with van der Waals surface area (Å²) < 4.78 is 18.6. The number of hydrogen-bond donors (Lipinski definition) is 2. The maximum absolute atomic E-state index is 13.1. The minimum Gasteiger partial charge on any atom is -0.492 e. The van der Waals surface area contributed by atoms with Gasteiger partial charge in [-0.2, -0.15) is 0 Å². The maximum atomic E-state index is 13.1. The topological polar surface area (TPSA) is 70.7 Å². The summed E-state index contributed by atoms with van der Waals surface area (Å²) >= 11 is 0. The Kier molecular flexibility index (Phi) is 7.76. The van der Waals surface area contributed by atoms with Gasteiger partial charge in [0.05, 0.1) is 6.04 Å². The van der Waals surface area contributed by atoms with Crippen molar-refractivity contribution >= 4 is 11.9 Å². The van der Waals surface area contributed by atoms with Gasteiger partial charge in [-0.1, -0.05) is 36.4 Å². The average Bonchev–Trinajstić information content (AvgIpc) is 2.66. The van der Waals surface area contributed by atoms with Crippen LogP contribution in [0.3, 0.4) is 0 Å². The molecule has 7 heteroatoms. The highest BCUT2D eigenvalue weighted by atomic mass is 19.1. The van der Waals surface area contributed by atoms with Crippen molar-refractivity contribution in [2.45, 2.75) is 19.5 Å². The standard InChI is InChI=1S/C20H24FN3O3/c1-15(24(2)11-12-27-18-10-6-9-17(21)13-18)19(25)23-20(26)22-14-16-7-4-3-5-8-16/h3-10,13,15H,11-12,14H2,1-2H3,(H2,22,23,25,26). The summed E-state index contributed by atoms with van der Waals surface area (Å²) in [5.41, 5.74) is 0.944. The van der Waals surface area contributed by atoms with Crippen LogP contribution in [-0.2, 0) is 11.3 Å². The number of nitrogens with zero attached hydrogens (tertiary/aromatic N) is 1. The Morgan fingerprint density at radius 3 is 2.59 bits per heavy atom. The van der Waals surface area contributed by atoms with Crippen LogP contribution in [0.25, 0.3) is 0 Å². The lowest BCUT2D eigenvalue weighted by atomic mass is 10.2. The zero-order valence-corrected chi connectivity index (χ0v) is 15.4. The molecule has 0 saturated carbocycles. The van der Waals surface area contributed by atoms with Crippen molar-refractivity contribution in [3.8, 4) is 5.75 Å². The third-order valence-corrected chi connectivity index (χ3v) is 4.08. The number of halogens is 1. The third-order valence-electron chi connectivity index (χ3n) is 4.08. The summed E-state index contributed by atoms with van der Waals surface area (Å²) in [5.74, 6) is -0.343. The molecule has 27 heavy (non-hydrogen) atoms. The number of amides is 3. The van der Waals surface area contributed by atoms with Crippen molar-refractivity contribution < 1.29 is 18.7 Å². The van der Waals surface area contributed by atoms with Crippen molar-refractivity contribution in [1.29, 1.82) is 0 Å². The maximum Gasteiger partial charge on any atom is 0.321 e. The molecule has 0 heterocycles. The summed E-state index contributed by atoms with van der Waals surface area (Å²) in [6.45, 7) is 2.77. The van der Waals surface area contributed by atoms with Crippen LogP contribution < -0.4 is 15.4 Å². The number of urea groups is 1. The molecule has 1 unspecified atom stereocenters. The molecule has 0 aliphatic heterocycles. The van der Waals surface area contributed by atoms with Gasteiger partial charge in [-0.15, -0.1) is 0 Å². The van der Waals surface area contributed by atoms with Crippen LogP contribution in [0.5, 0.6) is 5.75 Å². The van der Waals surface area contributed by atoms with E-state index < -0.39 is 18.0 Å². The van der Waals surface area contributed by atoms with Gasteiger partial charge in [-0.05, 0) is 31.7 Å². The number of benzene rings is 2. The smallest absolute Gasteiger partial charge is 0.321 e. The number of nitrogens with one attached hydrogen (secondary N) is 2. The molecule has 6 nitrogen and oxygen atoms in total. The lowest BCUT2D eigenvalue weighted by Crippen LogP contribution is -2.49. The molecule has 1 atom stereocenters. The summed E-state index contributed by atoms with van der Waals surface area (Å²) in [7, 11) is 1.75.